The van der Waals surface area contributed by atoms with Crippen molar-refractivity contribution in [3.63, 3.8) is 0 Å². The van der Waals surface area contributed by atoms with Crippen molar-refractivity contribution < 1.29 is 27.4 Å². The van der Waals surface area contributed by atoms with Gasteiger partial charge in [0.05, 0.1) is 5.56 Å². The Bertz CT molecular complexity index is 1050. The zero-order valence-electron chi connectivity index (χ0n) is 14.9. The molecule has 2 heterocycles. The first-order chi connectivity index (χ1) is 13.3. The number of ketones is 1. The molecule has 0 saturated carbocycles. The number of benzene rings is 2. The van der Waals surface area contributed by atoms with E-state index in [1.807, 2.05) is 18.2 Å². The Balaban J connectivity index is 1.56. The van der Waals surface area contributed by atoms with Crippen molar-refractivity contribution in [2.24, 2.45) is 0 Å². The van der Waals surface area contributed by atoms with Gasteiger partial charge in [0, 0.05) is 30.1 Å². The highest BCUT2D eigenvalue weighted by molar-refractivity contribution is 6.09. The molecule has 0 saturated heterocycles. The Morgan fingerprint density at radius 1 is 1.04 bits per heavy atom. The van der Waals surface area contributed by atoms with Gasteiger partial charge >= 0.3 is 6.18 Å². The minimum Gasteiger partial charge on any atom is -0.454 e. The fraction of sp³-hybridized carbons (Fsp3) is 0.190. The maximum Gasteiger partial charge on any atom is 0.416 e. The SMILES string of the molecule is Cc1cc(C(=O)c2ccn(Cc3ccc4c(c3)OCO4)c2)cc(C(F)(F)F)c1. The molecule has 144 valence electrons. The number of carbonyl (C=O) groups is 1. The van der Waals surface area contributed by atoms with Crippen LogP contribution < -0.4 is 9.47 Å². The quantitative estimate of drug-likeness (QED) is 0.603. The van der Waals surface area contributed by atoms with E-state index in [1.165, 1.54) is 13.0 Å². The second-order valence-electron chi connectivity index (χ2n) is 6.67. The van der Waals surface area contributed by atoms with Crippen LogP contribution in [0.2, 0.25) is 0 Å². The minimum atomic E-state index is -4.49. The molecule has 0 aliphatic carbocycles. The number of nitrogens with zero attached hydrogens (tertiary/aromatic N) is 1. The van der Waals surface area contributed by atoms with Gasteiger partial charge in [-0.25, -0.2) is 0 Å². The highest BCUT2D eigenvalue weighted by atomic mass is 19.4. The number of rotatable bonds is 4. The number of aromatic nitrogens is 1. The normalized spacial score (nSPS) is 13.0. The molecule has 1 aromatic heterocycles. The molecule has 4 rings (SSSR count). The number of fused-ring (bicyclic) bond motifs is 1. The Hall–Kier alpha value is -3.22. The maximum absolute atomic E-state index is 13.0. The zero-order valence-corrected chi connectivity index (χ0v) is 14.9. The average molecular weight is 387 g/mol. The summed E-state index contributed by atoms with van der Waals surface area (Å²) in [5.41, 5.74) is 0.870. The molecule has 4 nitrogen and oxygen atoms in total. The molecule has 0 N–H and O–H groups in total. The van der Waals surface area contributed by atoms with Crippen LogP contribution in [0.1, 0.15) is 32.6 Å². The van der Waals surface area contributed by atoms with Crippen molar-refractivity contribution in [2.75, 3.05) is 6.79 Å². The Kier molecular flexibility index (Phi) is 4.37. The molecule has 0 bridgehead atoms. The summed E-state index contributed by atoms with van der Waals surface area (Å²) in [6.45, 7) is 2.22. The first kappa shape index (κ1) is 18.2. The highest BCUT2D eigenvalue weighted by Crippen LogP contribution is 2.33. The van der Waals surface area contributed by atoms with Gasteiger partial charge in [0.25, 0.3) is 0 Å². The van der Waals surface area contributed by atoms with E-state index in [-0.39, 0.29) is 12.4 Å². The standard InChI is InChI=1S/C21H16F3NO3/c1-13-6-16(9-17(7-13)21(22,23)24)20(26)15-4-5-25(11-15)10-14-2-3-18-19(8-14)28-12-27-18/h2-9,11H,10,12H2,1H3. The molecule has 0 amide bonds. The van der Waals surface area contributed by atoms with Gasteiger partial charge < -0.3 is 14.0 Å². The van der Waals surface area contributed by atoms with Gasteiger partial charge in [0.1, 0.15) is 0 Å². The Labute approximate surface area is 159 Å². The van der Waals surface area contributed by atoms with Crippen LogP contribution in [0.15, 0.2) is 54.9 Å². The van der Waals surface area contributed by atoms with Crippen LogP contribution >= 0.6 is 0 Å². The molecule has 0 radical (unpaired) electrons. The number of ether oxygens (including phenoxy) is 2. The van der Waals surface area contributed by atoms with Crippen LogP contribution in [0.5, 0.6) is 11.5 Å². The van der Waals surface area contributed by atoms with Crippen LogP contribution in [0.25, 0.3) is 0 Å². The lowest BCUT2D eigenvalue weighted by Gasteiger charge is -2.10. The molecule has 2 aromatic carbocycles. The Morgan fingerprint density at radius 2 is 1.82 bits per heavy atom. The third-order valence-corrected chi connectivity index (χ3v) is 4.48. The molecule has 0 unspecified atom stereocenters. The maximum atomic E-state index is 13.0. The third kappa shape index (κ3) is 3.60. The average Bonchev–Trinajstić information content (AvgIpc) is 3.28. The number of halogens is 3. The van der Waals surface area contributed by atoms with Gasteiger partial charge in [0.15, 0.2) is 17.3 Å². The van der Waals surface area contributed by atoms with E-state index in [0.29, 0.717) is 29.2 Å². The molecular formula is C21H16F3NO3. The number of carbonyl (C=O) groups excluding carboxylic acids is 1. The summed E-state index contributed by atoms with van der Waals surface area (Å²) in [4.78, 5) is 12.7. The topological polar surface area (TPSA) is 40.5 Å². The van der Waals surface area contributed by atoms with Crippen molar-refractivity contribution in [2.45, 2.75) is 19.6 Å². The Morgan fingerprint density at radius 3 is 2.61 bits per heavy atom. The second-order valence-corrected chi connectivity index (χ2v) is 6.67. The summed E-state index contributed by atoms with van der Waals surface area (Å²) >= 11 is 0. The van der Waals surface area contributed by atoms with Crippen molar-refractivity contribution in [1.82, 2.24) is 4.57 Å². The van der Waals surface area contributed by atoms with Crippen LogP contribution in [0.4, 0.5) is 13.2 Å². The van der Waals surface area contributed by atoms with E-state index < -0.39 is 17.5 Å². The predicted octanol–water partition coefficient (Wildman–Crippen LogP) is 4.82. The number of alkyl halides is 3. The monoisotopic (exact) mass is 387 g/mol. The molecule has 7 heteroatoms. The van der Waals surface area contributed by atoms with Crippen molar-refractivity contribution in [3.05, 3.63) is 82.7 Å². The van der Waals surface area contributed by atoms with Gasteiger partial charge in [-0.3, -0.25) is 4.79 Å². The lowest BCUT2D eigenvalue weighted by atomic mass is 10.0. The number of hydrogen-bond acceptors (Lipinski definition) is 3. The summed E-state index contributed by atoms with van der Waals surface area (Å²) in [6.07, 6.45) is -1.15. The van der Waals surface area contributed by atoms with Gasteiger partial charge in [-0.1, -0.05) is 6.07 Å². The van der Waals surface area contributed by atoms with Gasteiger partial charge in [-0.05, 0) is 54.4 Å². The lowest BCUT2D eigenvalue weighted by Crippen LogP contribution is -2.09. The summed E-state index contributed by atoms with van der Waals surface area (Å²) < 4.78 is 51.5. The van der Waals surface area contributed by atoms with E-state index in [4.69, 9.17) is 9.47 Å². The summed E-state index contributed by atoms with van der Waals surface area (Å²) in [6, 6.07) is 10.6. The molecule has 0 atom stereocenters. The zero-order chi connectivity index (χ0) is 19.9. The molecule has 0 spiro atoms. The first-order valence-corrected chi connectivity index (χ1v) is 8.57. The van der Waals surface area contributed by atoms with Gasteiger partial charge in [-0.2, -0.15) is 13.2 Å². The third-order valence-electron chi connectivity index (χ3n) is 4.48. The number of aryl methyl sites for hydroxylation is 1. The predicted molar refractivity (Wildman–Crippen MR) is 95.7 cm³/mol. The van der Waals surface area contributed by atoms with E-state index in [2.05, 4.69) is 0 Å². The lowest BCUT2D eigenvalue weighted by molar-refractivity contribution is -0.137. The van der Waals surface area contributed by atoms with Crippen molar-refractivity contribution >= 4 is 5.78 Å². The van der Waals surface area contributed by atoms with Crippen LogP contribution in [0, 0.1) is 6.92 Å². The highest BCUT2D eigenvalue weighted by Gasteiger charge is 2.31. The fourth-order valence-corrected chi connectivity index (χ4v) is 3.17. The van der Waals surface area contributed by atoms with Crippen LogP contribution in [0.3, 0.4) is 0 Å². The smallest absolute Gasteiger partial charge is 0.416 e. The molecule has 1 aliphatic rings. The number of hydrogen-bond donors (Lipinski definition) is 0. The second kappa shape index (κ2) is 6.74. The summed E-state index contributed by atoms with van der Waals surface area (Å²) in [5.74, 6) is 0.908. The van der Waals surface area contributed by atoms with Gasteiger partial charge in [-0.15, -0.1) is 0 Å². The van der Waals surface area contributed by atoms with E-state index in [0.717, 1.165) is 17.7 Å². The van der Waals surface area contributed by atoms with E-state index in [9.17, 15) is 18.0 Å². The van der Waals surface area contributed by atoms with Crippen molar-refractivity contribution in [3.8, 4) is 11.5 Å². The molecule has 0 fully saturated rings. The van der Waals surface area contributed by atoms with Gasteiger partial charge in [0.2, 0.25) is 6.79 Å². The van der Waals surface area contributed by atoms with Crippen LogP contribution in [-0.4, -0.2) is 17.1 Å². The molecule has 1 aliphatic heterocycles. The molecular weight excluding hydrogens is 371 g/mol. The summed E-state index contributed by atoms with van der Waals surface area (Å²) in [7, 11) is 0. The minimum absolute atomic E-state index is 0.0214. The van der Waals surface area contributed by atoms with Crippen LogP contribution in [-0.2, 0) is 12.7 Å². The molecule has 28 heavy (non-hydrogen) atoms. The largest absolute Gasteiger partial charge is 0.454 e. The van der Waals surface area contributed by atoms with E-state index in [1.54, 1.807) is 23.0 Å². The van der Waals surface area contributed by atoms with Crippen molar-refractivity contribution in [1.29, 1.82) is 0 Å². The fourth-order valence-electron chi connectivity index (χ4n) is 3.17. The van der Waals surface area contributed by atoms with E-state index >= 15 is 0 Å². The first-order valence-electron chi connectivity index (χ1n) is 8.57. The summed E-state index contributed by atoms with van der Waals surface area (Å²) in [5, 5.41) is 0. The molecule has 3 aromatic rings.